The van der Waals surface area contributed by atoms with Crippen molar-refractivity contribution < 1.29 is 19.0 Å². The number of carbonyl (C=O) groups is 1. The number of benzene rings is 1. The summed E-state index contributed by atoms with van der Waals surface area (Å²) in [6.07, 6.45) is 1.85. The molecular weight excluding hydrogens is 344 g/mol. The fourth-order valence-electron chi connectivity index (χ4n) is 3.89. The average Bonchev–Trinajstić information content (AvgIpc) is 2.82. The first-order chi connectivity index (χ1) is 13.0. The van der Waals surface area contributed by atoms with E-state index in [1.54, 1.807) is 7.11 Å². The third-order valence-electron chi connectivity index (χ3n) is 5.59. The van der Waals surface area contributed by atoms with E-state index in [0.29, 0.717) is 32.3 Å². The minimum atomic E-state index is -0.319. The van der Waals surface area contributed by atoms with E-state index in [1.165, 1.54) is 0 Å². The molecule has 2 aliphatic rings. The molecule has 1 aromatic carbocycles. The van der Waals surface area contributed by atoms with Crippen molar-refractivity contribution in [3.05, 3.63) is 29.8 Å². The van der Waals surface area contributed by atoms with E-state index in [0.717, 1.165) is 37.2 Å². The Kier molecular flexibility index (Phi) is 6.73. The third-order valence-corrected chi connectivity index (χ3v) is 5.59. The maximum absolute atomic E-state index is 12.8. The highest BCUT2D eigenvalue weighted by molar-refractivity contribution is 5.77. The zero-order valence-electron chi connectivity index (χ0n) is 16.8. The van der Waals surface area contributed by atoms with Crippen molar-refractivity contribution in [2.24, 2.45) is 0 Å². The van der Waals surface area contributed by atoms with Crippen molar-refractivity contribution >= 4 is 5.91 Å². The summed E-state index contributed by atoms with van der Waals surface area (Å²) >= 11 is 0. The van der Waals surface area contributed by atoms with Gasteiger partial charge in [0, 0.05) is 51.2 Å². The highest BCUT2D eigenvalue weighted by Crippen LogP contribution is 2.35. The fourth-order valence-corrected chi connectivity index (χ4v) is 3.89. The Morgan fingerprint density at radius 3 is 2.67 bits per heavy atom. The Labute approximate surface area is 162 Å². The van der Waals surface area contributed by atoms with Crippen LogP contribution in [-0.2, 0) is 20.8 Å². The molecule has 0 unspecified atom stereocenters. The Morgan fingerprint density at radius 2 is 1.96 bits per heavy atom. The van der Waals surface area contributed by atoms with Crippen LogP contribution in [0.1, 0.15) is 32.3 Å². The summed E-state index contributed by atoms with van der Waals surface area (Å²) in [5, 5.41) is 0. The van der Waals surface area contributed by atoms with Gasteiger partial charge in [0.25, 0.3) is 0 Å². The largest absolute Gasteiger partial charge is 0.485 e. The first-order valence-corrected chi connectivity index (χ1v) is 9.88. The van der Waals surface area contributed by atoms with Gasteiger partial charge >= 0.3 is 0 Å². The van der Waals surface area contributed by atoms with Crippen molar-refractivity contribution in [1.82, 2.24) is 9.80 Å². The molecule has 27 heavy (non-hydrogen) atoms. The van der Waals surface area contributed by atoms with Gasteiger partial charge in [0.2, 0.25) is 5.91 Å². The standard InChI is InChI=1S/C21H32N2O4/c1-17(2)22-10-8-21(9-11-22)16-23(20(24)15-26-13-12-25-3)14-18-6-4-5-7-19(18)27-21/h4-7,17H,8-16H2,1-3H3. The smallest absolute Gasteiger partial charge is 0.249 e. The van der Waals surface area contributed by atoms with Crippen LogP contribution in [0.5, 0.6) is 5.75 Å². The van der Waals surface area contributed by atoms with Crippen LogP contribution in [0.2, 0.25) is 0 Å². The van der Waals surface area contributed by atoms with Crippen molar-refractivity contribution in [2.45, 2.75) is 44.9 Å². The van der Waals surface area contributed by atoms with Crippen LogP contribution in [0, 0.1) is 0 Å². The Hall–Kier alpha value is -1.63. The molecule has 6 nitrogen and oxygen atoms in total. The number of hydrogen-bond acceptors (Lipinski definition) is 5. The number of methoxy groups -OCH3 is 1. The molecular formula is C21H32N2O4. The van der Waals surface area contributed by atoms with Crippen molar-refractivity contribution in [2.75, 3.05) is 46.6 Å². The average molecular weight is 376 g/mol. The Bertz CT molecular complexity index is 626. The molecule has 1 spiro atoms. The fraction of sp³-hybridized carbons (Fsp3) is 0.667. The molecule has 3 rings (SSSR count). The van der Waals surface area contributed by atoms with E-state index in [-0.39, 0.29) is 18.1 Å². The second-order valence-electron chi connectivity index (χ2n) is 7.82. The molecule has 1 fully saturated rings. The molecule has 150 valence electrons. The van der Waals surface area contributed by atoms with Gasteiger partial charge in [-0.3, -0.25) is 4.79 Å². The van der Waals surface area contributed by atoms with E-state index in [1.807, 2.05) is 29.2 Å². The van der Waals surface area contributed by atoms with Gasteiger partial charge < -0.3 is 24.0 Å². The Balaban J connectivity index is 1.74. The molecule has 1 amide bonds. The lowest BCUT2D eigenvalue weighted by molar-refractivity contribution is -0.140. The molecule has 0 saturated carbocycles. The summed E-state index contributed by atoms with van der Waals surface area (Å²) < 4.78 is 17.0. The monoisotopic (exact) mass is 376 g/mol. The summed E-state index contributed by atoms with van der Waals surface area (Å²) in [7, 11) is 1.63. The number of fused-ring (bicyclic) bond motifs is 1. The van der Waals surface area contributed by atoms with Crippen LogP contribution >= 0.6 is 0 Å². The number of amides is 1. The van der Waals surface area contributed by atoms with Crippen molar-refractivity contribution in [3.8, 4) is 5.75 Å². The number of ether oxygens (including phenoxy) is 3. The van der Waals surface area contributed by atoms with Crippen LogP contribution in [0.4, 0.5) is 0 Å². The van der Waals surface area contributed by atoms with Crippen LogP contribution in [0.25, 0.3) is 0 Å². The number of rotatable bonds is 6. The summed E-state index contributed by atoms with van der Waals surface area (Å²) in [4.78, 5) is 17.2. The number of piperidine rings is 1. The normalized spacial score (nSPS) is 19.6. The van der Waals surface area contributed by atoms with Gasteiger partial charge in [-0.05, 0) is 19.9 Å². The topological polar surface area (TPSA) is 51.2 Å². The van der Waals surface area contributed by atoms with E-state index < -0.39 is 0 Å². The lowest BCUT2D eigenvalue weighted by Gasteiger charge is -2.44. The minimum Gasteiger partial charge on any atom is -0.485 e. The summed E-state index contributed by atoms with van der Waals surface area (Å²) in [5.41, 5.74) is 0.742. The predicted molar refractivity (Wildman–Crippen MR) is 104 cm³/mol. The molecule has 2 heterocycles. The molecule has 1 saturated heterocycles. The highest BCUT2D eigenvalue weighted by atomic mass is 16.5. The first kappa shape index (κ1) is 20.1. The number of nitrogens with zero attached hydrogens (tertiary/aromatic N) is 2. The van der Waals surface area contributed by atoms with Crippen LogP contribution in [0.3, 0.4) is 0 Å². The molecule has 0 aromatic heterocycles. The van der Waals surface area contributed by atoms with Gasteiger partial charge in [0.15, 0.2) is 0 Å². The van der Waals surface area contributed by atoms with E-state index >= 15 is 0 Å². The molecule has 0 N–H and O–H groups in total. The minimum absolute atomic E-state index is 0.0112. The van der Waals surface area contributed by atoms with Gasteiger partial charge in [-0.1, -0.05) is 18.2 Å². The molecule has 1 aromatic rings. The summed E-state index contributed by atoms with van der Waals surface area (Å²) in [5.74, 6) is 0.920. The lowest BCUT2D eigenvalue weighted by Crippen LogP contribution is -2.55. The van der Waals surface area contributed by atoms with Gasteiger partial charge in [0.05, 0.1) is 19.8 Å². The van der Waals surface area contributed by atoms with Crippen molar-refractivity contribution in [3.63, 3.8) is 0 Å². The molecule has 0 bridgehead atoms. The number of para-hydroxylation sites is 1. The van der Waals surface area contributed by atoms with Gasteiger partial charge in [-0.2, -0.15) is 0 Å². The predicted octanol–water partition coefficient (Wildman–Crippen LogP) is 2.31. The second-order valence-corrected chi connectivity index (χ2v) is 7.82. The van der Waals surface area contributed by atoms with E-state index in [9.17, 15) is 4.79 Å². The van der Waals surface area contributed by atoms with E-state index in [2.05, 4.69) is 18.7 Å². The molecule has 6 heteroatoms. The molecule has 0 radical (unpaired) electrons. The third kappa shape index (κ3) is 5.00. The van der Waals surface area contributed by atoms with Crippen LogP contribution in [-0.4, -0.2) is 73.9 Å². The van der Waals surface area contributed by atoms with Gasteiger partial charge in [-0.25, -0.2) is 0 Å². The van der Waals surface area contributed by atoms with Crippen molar-refractivity contribution in [1.29, 1.82) is 0 Å². The SMILES string of the molecule is COCCOCC(=O)N1Cc2ccccc2OC2(CCN(C(C)C)CC2)C1. The zero-order chi connectivity index (χ0) is 19.3. The van der Waals surface area contributed by atoms with E-state index in [4.69, 9.17) is 14.2 Å². The maximum Gasteiger partial charge on any atom is 0.249 e. The van der Waals surface area contributed by atoms with Crippen LogP contribution in [0.15, 0.2) is 24.3 Å². The quantitative estimate of drug-likeness (QED) is 0.713. The second kappa shape index (κ2) is 9.04. The van der Waals surface area contributed by atoms with Gasteiger partial charge in [0.1, 0.15) is 18.0 Å². The highest BCUT2D eigenvalue weighted by Gasteiger charge is 2.42. The van der Waals surface area contributed by atoms with Gasteiger partial charge in [-0.15, -0.1) is 0 Å². The molecule has 0 aliphatic carbocycles. The Morgan fingerprint density at radius 1 is 1.22 bits per heavy atom. The number of hydrogen-bond donors (Lipinski definition) is 0. The number of carbonyl (C=O) groups excluding carboxylic acids is 1. The maximum atomic E-state index is 12.8. The summed E-state index contributed by atoms with van der Waals surface area (Å²) in [6, 6.07) is 8.60. The first-order valence-electron chi connectivity index (χ1n) is 9.88. The molecule has 2 aliphatic heterocycles. The summed E-state index contributed by atoms with van der Waals surface area (Å²) in [6.45, 7) is 8.63. The van der Waals surface area contributed by atoms with Crippen LogP contribution < -0.4 is 4.74 Å². The molecule has 0 atom stereocenters. The zero-order valence-corrected chi connectivity index (χ0v) is 16.8. The number of likely N-dealkylation sites (tertiary alicyclic amines) is 1. The lowest BCUT2D eigenvalue weighted by atomic mass is 9.89.